The van der Waals surface area contributed by atoms with Crippen molar-refractivity contribution in [1.29, 1.82) is 0 Å². The number of carboxylic acids is 1. The predicted molar refractivity (Wildman–Crippen MR) is 69.9 cm³/mol. The fraction of sp³-hybridized carbons (Fsp3) is 0.462. The van der Waals surface area contributed by atoms with Gasteiger partial charge in [-0.05, 0) is 31.4 Å². The van der Waals surface area contributed by atoms with Gasteiger partial charge in [0, 0.05) is 12.7 Å². The van der Waals surface area contributed by atoms with E-state index in [1.807, 2.05) is 6.92 Å². The van der Waals surface area contributed by atoms with Crippen molar-refractivity contribution in [2.45, 2.75) is 26.2 Å². The van der Waals surface area contributed by atoms with Crippen molar-refractivity contribution in [3.63, 3.8) is 0 Å². The van der Waals surface area contributed by atoms with E-state index < -0.39 is 17.4 Å². The van der Waals surface area contributed by atoms with Gasteiger partial charge in [-0.25, -0.2) is 4.79 Å². The topological polar surface area (TPSA) is 91.3 Å². The largest absolute Gasteiger partial charge is 0.481 e. The minimum atomic E-state index is -0.836. The normalized spacial score (nSPS) is 16.3. The van der Waals surface area contributed by atoms with Crippen LogP contribution >= 0.6 is 0 Å². The van der Waals surface area contributed by atoms with Gasteiger partial charge in [0.1, 0.15) is 0 Å². The van der Waals surface area contributed by atoms with Crippen LogP contribution in [0.3, 0.4) is 0 Å². The molecule has 0 radical (unpaired) electrons. The summed E-state index contributed by atoms with van der Waals surface area (Å²) in [5, 5.41) is 14.4. The highest BCUT2D eigenvalue weighted by Gasteiger charge is 2.44. The number of pyridine rings is 1. The first kappa shape index (κ1) is 13.3. The Balaban J connectivity index is 1.89. The number of carboxylic acid groups (broad SMARTS) is 1. The van der Waals surface area contributed by atoms with Crippen LogP contribution in [0.15, 0.2) is 18.5 Å². The number of carbonyl (C=O) groups excluding carboxylic acids is 1. The maximum absolute atomic E-state index is 11.7. The third-order valence-corrected chi connectivity index (χ3v) is 3.64. The molecule has 0 aliphatic heterocycles. The smallest absolute Gasteiger partial charge is 0.319 e. The summed E-state index contributed by atoms with van der Waals surface area (Å²) >= 11 is 0. The maximum Gasteiger partial charge on any atom is 0.319 e. The van der Waals surface area contributed by atoms with E-state index in [0.717, 1.165) is 12.0 Å². The van der Waals surface area contributed by atoms with Gasteiger partial charge in [-0.1, -0.05) is 6.42 Å². The number of aryl methyl sites for hydroxylation is 1. The molecule has 1 saturated carbocycles. The fourth-order valence-corrected chi connectivity index (χ4v) is 2.08. The summed E-state index contributed by atoms with van der Waals surface area (Å²) in [5.74, 6) is -0.836. The van der Waals surface area contributed by atoms with Crippen LogP contribution in [0, 0.1) is 12.3 Å². The molecule has 1 fully saturated rings. The number of nitrogens with zero attached hydrogens (tertiary/aromatic N) is 1. The van der Waals surface area contributed by atoms with E-state index in [0.29, 0.717) is 18.5 Å². The SMILES string of the molecule is Cc1ccncc1NC(=O)NCC1(C(=O)O)CCC1. The number of hydrogen-bond donors (Lipinski definition) is 3. The minimum Gasteiger partial charge on any atom is -0.481 e. The number of aliphatic carboxylic acids is 1. The number of anilines is 1. The van der Waals surface area contributed by atoms with Crippen LogP contribution in [0.2, 0.25) is 0 Å². The van der Waals surface area contributed by atoms with E-state index in [1.54, 1.807) is 18.5 Å². The Morgan fingerprint density at radius 2 is 2.21 bits per heavy atom. The van der Waals surface area contributed by atoms with Gasteiger partial charge in [-0.2, -0.15) is 0 Å². The monoisotopic (exact) mass is 263 g/mol. The summed E-state index contributed by atoms with van der Waals surface area (Å²) in [5.41, 5.74) is 0.751. The van der Waals surface area contributed by atoms with E-state index in [2.05, 4.69) is 15.6 Å². The Morgan fingerprint density at radius 3 is 2.74 bits per heavy atom. The standard InChI is InChI=1S/C13H17N3O3/c1-9-3-6-14-7-10(9)16-12(19)15-8-13(11(17)18)4-2-5-13/h3,6-7H,2,4-5,8H2,1H3,(H,17,18)(H2,15,16,19). The van der Waals surface area contributed by atoms with Crippen molar-refractivity contribution in [3.8, 4) is 0 Å². The Bertz CT molecular complexity index is 498. The molecule has 0 bridgehead atoms. The van der Waals surface area contributed by atoms with Crippen LogP contribution in [0.5, 0.6) is 0 Å². The van der Waals surface area contributed by atoms with Gasteiger partial charge in [-0.3, -0.25) is 9.78 Å². The van der Waals surface area contributed by atoms with E-state index in [1.165, 1.54) is 0 Å². The second kappa shape index (κ2) is 5.26. The zero-order valence-corrected chi connectivity index (χ0v) is 10.8. The molecule has 0 spiro atoms. The van der Waals surface area contributed by atoms with Crippen LogP contribution in [0.1, 0.15) is 24.8 Å². The molecule has 1 heterocycles. The molecule has 6 nitrogen and oxygen atoms in total. The molecule has 1 aliphatic carbocycles. The van der Waals surface area contributed by atoms with E-state index in [-0.39, 0.29) is 6.54 Å². The van der Waals surface area contributed by atoms with Crippen molar-refractivity contribution in [3.05, 3.63) is 24.0 Å². The van der Waals surface area contributed by atoms with Gasteiger partial charge in [-0.15, -0.1) is 0 Å². The van der Waals surface area contributed by atoms with Gasteiger partial charge in [0.05, 0.1) is 17.3 Å². The number of hydrogen-bond acceptors (Lipinski definition) is 3. The Hall–Kier alpha value is -2.11. The van der Waals surface area contributed by atoms with E-state index in [4.69, 9.17) is 5.11 Å². The molecule has 2 amide bonds. The van der Waals surface area contributed by atoms with Crippen molar-refractivity contribution in [2.24, 2.45) is 5.41 Å². The molecule has 0 aromatic carbocycles. The van der Waals surface area contributed by atoms with E-state index in [9.17, 15) is 9.59 Å². The molecule has 6 heteroatoms. The van der Waals surface area contributed by atoms with Crippen molar-refractivity contribution >= 4 is 17.7 Å². The van der Waals surface area contributed by atoms with Gasteiger partial charge in [0.25, 0.3) is 0 Å². The summed E-state index contributed by atoms with van der Waals surface area (Å²) < 4.78 is 0. The Labute approximate surface area is 111 Å². The summed E-state index contributed by atoms with van der Waals surface area (Å²) in [6.45, 7) is 2.02. The van der Waals surface area contributed by atoms with Crippen LogP contribution in [-0.4, -0.2) is 28.6 Å². The second-order valence-electron chi connectivity index (χ2n) is 4.94. The fourth-order valence-electron chi connectivity index (χ4n) is 2.08. The molecule has 1 aromatic heterocycles. The first-order chi connectivity index (χ1) is 9.03. The van der Waals surface area contributed by atoms with Gasteiger partial charge < -0.3 is 15.7 Å². The first-order valence-electron chi connectivity index (χ1n) is 6.22. The minimum absolute atomic E-state index is 0.160. The molecule has 1 aromatic rings. The Morgan fingerprint density at radius 1 is 1.47 bits per heavy atom. The van der Waals surface area contributed by atoms with Gasteiger partial charge in [0.15, 0.2) is 0 Å². The number of carbonyl (C=O) groups is 2. The van der Waals surface area contributed by atoms with Crippen LogP contribution in [-0.2, 0) is 4.79 Å². The van der Waals surface area contributed by atoms with Gasteiger partial charge in [0.2, 0.25) is 0 Å². The lowest BCUT2D eigenvalue weighted by Gasteiger charge is -2.37. The number of aromatic nitrogens is 1. The average Bonchev–Trinajstić information content (AvgIpc) is 2.30. The number of amides is 2. The third kappa shape index (κ3) is 2.83. The quantitative estimate of drug-likeness (QED) is 0.772. The number of urea groups is 1. The summed E-state index contributed by atoms with van der Waals surface area (Å²) in [4.78, 5) is 26.8. The zero-order valence-electron chi connectivity index (χ0n) is 10.8. The molecule has 1 aliphatic rings. The first-order valence-corrected chi connectivity index (χ1v) is 6.22. The molecule has 2 rings (SSSR count). The summed E-state index contributed by atoms with van der Waals surface area (Å²) in [7, 11) is 0. The zero-order chi connectivity index (χ0) is 13.9. The summed E-state index contributed by atoms with van der Waals surface area (Å²) in [6, 6.07) is 1.39. The molecule has 0 atom stereocenters. The maximum atomic E-state index is 11.7. The lowest BCUT2D eigenvalue weighted by atomic mass is 9.69. The molecule has 0 unspecified atom stereocenters. The highest BCUT2D eigenvalue weighted by atomic mass is 16.4. The van der Waals surface area contributed by atoms with Gasteiger partial charge >= 0.3 is 12.0 Å². The molecule has 19 heavy (non-hydrogen) atoms. The predicted octanol–water partition coefficient (Wildman–Crippen LogP) is 1.77. The van der Waals surface area contributed by atoms with Crippen LogP contribution < -0.4 is 10.6 Å². The van der Waals surface area contributed by atoms with Crippen molar-refractivity contribution in [2.75, 3.05) is 11.9 Å². The molecule has 0 saturated heterocycles. The number of rotatable bonds is 4. The highest BCUT2D eigenvalue weighted by Crippen LogP contribution is 2.40. The third-order valence-electron chi connectivity index (χ3n) is 3.64. The highest BCUT2D eigenvalue weighted by molar-refractivity contribution is 5.90. The number of nitrogens with one attached hydrogen (secondary N) is 2. The molecule has 3 N–H and O–H groups in total. The Kier molecular flexibility index (Phi) is 3.69. The molecular weight excluding hydrogens is 246 g/mol. The lowest BCUT2D eigenvalue weighted by Crippen LogP contribution is -2.48. The second-order valence-corrected chi connectivity index (χ2v) is 4.94. The summed E-state index contributed by atoms with van der Waals surface area (Å²) in [6.07, 6.45) is 5.35. The molecular formula is C13H17N3O3. The lowest BCUT2D eigenvalue weighted by molar-refractivity contribution is -0.153. The van der Waals surface area contributed by atoms with E-state index >= 15 is 0 Å². The van der Waals surface area contributed by atoms with Crippen molar-refractivity contribution < 1.29 is 14.7 Å². The van der Waals surface area contributed by atoms with Crippen LogP contribution in [0.4, 0.5) is 10.5 Å². The van der Waals surface area contributed by atoms with Crippen molar-refractivity contribution in [1.82, 2.24) is 10.3 Å². The van der Waals surface area contributed by atoms with Crippen LogP contribution in [0.25, 0.3) is 0 Å². The molecule has 102 valence electrons. The average molecular weight is 263 g/mol.